The summed E-state index contributed by atoms with van der Waals surface area (Å²) in [5.74, 6) is 1.49. The Balaban J connectivity index is 1.24. The molecule has 4 aromatic heterocycles. The van der Waals surface area contributed by atoms with Gasteiger partial charge in [-0.05, 0) is 24.3 Å². The highest BCUT2D eigenvalue weighted by molar-refractivity contribution is 5.86. The zero-order valence-corrected chi connectivity index (χ0v) is 20.0. The number of aromatic nitrogens is 4. The summed E-state index contributed by atoms with van der Waals surface area (Å²) in [5.41, 5.74) is 3.20. The van der Waals surface area contributed by atoms with Crippen molar-refractivity contribution in [3.8, 4) is 28.7 Å². The number of rotatable bonds is 4. The Morgan fingerprint density at radius 2 is 2.14 bits per heavy atom. The third-order valence-electron chi connectivity index (χ3n) is 6.75. The third-order valence-corrected chi connectivity index (χ3v) is 6.75. The fourth-order valence-electron chi connectivity index (χ4n) is 4.88. The number of fused-ring (bicyclic) bond motifs is 4. The Bertz CT molecular complexity index is 1550. The number of nitrogens with zero attached hydrogens (tertiary/aromatic N) is 7. The van der Waals surface area contributed by atoms with Crippen LogP contribution in [0.4, 0.5) is 10.2 Å². The molecule has 2 aliphatic heterocycles. The minimum absolute atomic E-state index is 0.0340. The SMILES string of the molecule is COc1cc(-c2cnc3c(c2)OC[C@H]2CN(C(=O)Cc4ccc(F)cn4)CCN32)c2c(C#N)cnn2c1. The quantitative estimate of drug-likeness (QED) is 0.421. The Kier molecular flexibility index (Phi) is 5.56. The Morgan fingerprint density at radius 3 is 2.92 bits per heavy atom. The van der Waals surface area contributed by atoms with E-state index in [-0.39, 0.29) is 18.4 Å². The average molecular weight is 500 g/mol. The number of methoxy groups -OCH3 is 1. The standard InChI is InChI=1S/C26H22FN7O3/c1-36-21-8-22(25-17(9-28)11-31-34(25)14-21)16-6-23-26(30-10-16)33-5-4-32(13-20(33)15-37-23)24(35)7-19-3-2-18(27)12-29-19/h2-3,6,8,10-12,14,20H,4-5,7,13,15H2,1H3/t20-/m1/s1. The van der Waals surface area contributed by atoms with E-state index in [4.69, 9.17) is 14.5 Å². The van der Waals surface area contributed by atoms with Crippen LogP contribution in [0, 0.1) is 17.1 Å². The van der Waals surface area contributed by atoms with Crippen molar-refractivity contribution < 1.29 is 18.7 Å². The van der Waals surface area contributed by atoms with E-state index >= 15 is 0 Å². The van der Waals surface area contributed by atoms with Crippen molar-refractivity contribution in [3.63, 3.8) is 0 Å². The normalized spacial score (nSPS) is 16.5. The highest BCUT2D eigenvalue weighted by atomic mass is 19.1. The number of nitriles is 1. The van der Waals surface area contributed by atoms with E-state index in [0.29, 0.717) is 54.5 Å². The molecule has 0 saturated carbocycles. The first kappa shape index (κ1) is 22.7. The van der Waals surface area contributed by atoms with Gasteiger partial charge in [0.15, 0.2) is 11.6 Å². The molecule has 0 radical (unpaired) electrons. The van der Waals surface area contributed by atoms with Crippen LogP contribution in [0.3, 0.4) is 0 Å². The predicted molar refractivity (Wildman–Crippen MR) is 131 cm³/mol. The van der Waals surface area contributed by atoms with Crippen LogP contribution in [0.25, 0.3) is 16.6 Å². The third kappa shape index (κ3) is 4.06. The van der Waals surface area contributed by atoms with Gasteiger partial charge in [0, 0.05) is 42.7 Å². The Hall–Kier alpha value is -4.72. The van der Waals surface area contributed by atoms with E-state index in [1.54, 1.807) is 28.9 Å². The molecule has 1 saturated heterocycles. The molecule has 186 valence electrons. The lowest BCUT2D eigenvalue weighted by atomic mass is 10.0. The second-order valence-corrected chi connectivity index (χ2v) is 8.95. The topological polar surface area (TPSA) is 109 Å². The van der Waals surface area contributed by atoms with Crippen molar-refractivity contribution in [2.45, 2.75) is 12.5 Å². The smallest absolute Gasteiger partial charge is 0.228 e. The van der Waals surface area contributed by atoms with Gasteiger partial charge in [-0.2, -0.15) is 10.4 Å². The molecule has 1 atom stereocenters. The number of hydrogen-bond acceptors (Lipinski definition) is 8. The lowest BCUT2D eigenvalue weighted by molar-refractivity contribution is -0.131. The molecular weight excluding hydrogens is 477 g/mol. The lowest BCUT2D eigenvalue weighted by Gasteiger charge is -2.44. The van der Waals surface area contributed by atoms with Gasteiger partial charge in [-0.1, -0.05) is 0 Å². The molecule has 0 aliphatic carbocycles. The number of ether oxygens (including phenoxy) is 2. The summed E-state index contributed by atoms with van der Waals surface area (Å²) in [6.07, 6.45) is 6.25. The fraction of sp³-hybridized carbons (Fsp3) is 0.269. The van der Waals surface area contributed by atoms with Crippen LogP contribution in [0.5, 0.6) is 11.5 Å². The molecule has 4 aromatic rings. The number of piperazine rings is 1. The molecule has 2 aliphatic rings. The predicted octanol–water partition coefficient (Wildman–Crippen LogP) is 2.46. The van der Waals surface area contributed by atoms with Gasteiger partial charge in [0.05, 0.1) is 49.2 Å². The zero-order chi connectivity index (χ0) is 25.5. The highest BCUT2D eigenvalue weighted by Gasteiger charge is 2.35. The molecule has 0 unspecified atom stereocenters. The number of pyridine rings is 3. The Morgan fingerprint density at radius 1 is 1.24 bits per heavy atom. The molecule has 11 heteroatoms. The number of anilines is 1. The van der Waals surface area contributed by atoms with Gasteiger partial charge >= 0.3 is 0 Å². The maximum absolute atomic E-state index is 13.1. The lowest BCUT2D eigenvalue weighted by Crippen LogP contribution is -2.58. The van der Waals surface area contributed by atoms with Crippen LogP contribution >= 0.6 is 0 Å². The van der Waals surface area contributed by atoms with Crippen molar-refractivity contribution in [1.82, 2.24) is 24.5 Å². The largest absolute Gasteiger partial charge is 0.495 e. The van der Waals surface area contributed by atoms with Crippen molar-refractivity contribution in [2.24, 2.45) is 0 Å². The van der Waals surface area contributed by atoms with Crippen LogP contribution in [-0.4, -0.2) is 69.8 Å². The first-order chi connectivity index (χ1) is 18.0. The van der Waals surface area contributed by atoms with E-state index in [9.17, 15) is 14.4 Å². The van der Waals surface area contributed by atoms with E-state index < -0.39 is 5.82 Å². The molecule has 1 fully saturated rings. The van der Waals surface area contributed by atoms with E-state index in [1.807, 2.05) is 12.1 Å². The first-order valence-corrected chi connectivity index (χ1v) is 11.8. The van der Waals surface area contributed by atoms with Gasteiger partial charge in [0.25, 0.3) is 0 Å². The van der Waals surface area contributed by atoms with Gasteiger partial charge in [-0.3, -0.25) is 9.78 Å². The van der Waals surface area contributed by atoms with Gasteiger partial charge in [-0.25, -0.2) is 13.9 Å². The van der Waals surface area contributed by atoms with Crippen LogP contribution in [-0.2, 0) is 11.2 Å². The number of amides is 1. The maximum atomic E-state index is 13.1. The van der Waals surface area contributed by atoms with Gasteiger partial charge in [0.2, 0.25) is 5.91 Å². The molecular formula is C26H22FN7O3. The summed E-state index contributed by atoms with van der Waals surface area (Å²) in [6, 6.07) is 8.77. The van der Waals surface area contributed by atoms with Gasteiger partial charge in [0.1, 0.15) is 24.2 Å². The van der Waals surface area contributed by atoms with Crippen molar-refractivity contribution >= 4 is 17.2 Å². The van der Waals surface area contributed by atoms with Crippen LogP contribution < -0.4 is 14.4 Å². The second-order valence-electron chi connectivity index (χ2n) is 8.95. The van der Waals surface area contributed by atoms with Crippen LogP contribution in [0.2, 0.25) is 0 Å². The van der Waals surface area contributed by atoms with Gasteiger partial charge < -0.3 is 19.3 Å². The number of carbonyl (C=O) groups is 1. The van der Waals surface area contributed by atoms with Crippen LogP contribution in [0.15, 0.2) is 49.1 Å². The van der Waals surface area contributed by atoms with Crippen molar-refractivity contribution in [2.75, 3.05) is 38.3 Å². The van der Waals surface area contributed by atoms with Crippen molar-refractivity contribution in [1.29, 1.82) is 5.26 Å². The number of carbonyl (C=O) groups excluding carboxylic acids is 1. The van der Waals surface area contributed by atoms with Crippen molar-refractivity contribution in [3.05, 3.63) is 66.1 Å². The minimum atomic E-state index is -0.426. The molecule has 6 rings (SSSR count). The van der Waals surface area contributed by atoms with Gasteiger partial charge in [-0.15, -0.1) is 0 Å². The number of hydrogen-bond donors (Lipinski definition) is 0. The zero-order valence-electron chi connectivity index (χ0n) is 20.0. The summed E-state index contributed by atoms with van der Waals surface area (Å²) < 4.78 is 26.3. The maximum Gasteiger partial charge on any atom is 0.228 e. The summed E-state index contributed by atoms with van der Waals surface area (Å²) in [4.78, 5) is 25.5. The highest BCUT2D eigenvalue weighted by Crippen LogP contribution is 2.38. The minimum Gasteiger partial charge on any atom is -0.495 e. The van der Waals surface area contributed by atoms with Crippen LogP contribution in [0.1, 0.15) is 11.3 Å². The summed E-state index contributed by atoms with van der Waals surface area (Å²) in [5, 5.41) is 13.8. The fourth-order valence-corrected chi connectivity index (χ4v) is 4.88. The first-order valence-electron chi connectivity index (χ1n) is 11.8. The second kappa shape index (κ2) is 9.05. The molecule has 10 nitrogen and oxygen atoms in total. The summed E-state index contributed by atoms with van der Waals surface area (Å²) in [6.45, 7) is 2.05. The monoisotopic (exact) mass is 499 g/mol. The number of halogens is 1. The summed E-state index contributed by atoms with van der Waals surface area (Å²) >= 11 is 0. The molecule has 1 amide bonds. The molecule has 0 aromatic carbocycles. The average Bonchev–Trinajstić information content (AvgIpc) is 3.36. The van der Waals surface area contributed by atoms with E-state index in [0.717, 1.165) is 23.1 Å². The van der Waals surface area contributed by atoms with E-state index in [1.165, 1.54) is 18.3 Å². The molecule has 0 bridgehead atoms. The molecule has 0 N–H and O–H groups in total. The van der Waals surface area contributed by atoms with E-state index in [2.05, 4.69) is 21.1 Å². The molecule has 6 heterocycles. The molecule has 0 spiro atoms. The molecule has 37 heavy (non-hydrogen) atoms. The summed E-state index contributed by atoms with van der Waals surface area (Å²) in [7, 11) is 1.58. The Labute approximate surface area is 211 Å².